The number of methoxy groups -OCH3 is 1. The number of thioether (sulfide) groups is 1. The number of nitrogens with one attached hydrogen (secondary N) is 1. The number of pyridine rings is 1. The quantitative estimate of drug-likeness (QED) is 0.559. The van der Waals surface area contributed by atoms with Gasteiger partial charge in [0.15, 0.2) is 0 Å². The number of carbonyl (C=O) groups is 1. The zero-order valence-corrected chi connectivity index (χ0v) is 16.5. The van der Waals surface area contributed by atoms with E-state index in [0.29, 0.717) is 5.56 Å². The van der Waals surface area contributed by atoms with Gasteiger partial charge in [-0.3, -0.25) is 9.78 Å². The van der Waals surface area contributed by atoms with Crippen LogP contribution < -0.4 is 5.32 Å². The number of benzene rings is 1. The van der Waals surface area contributed by atoms with Gasteiger partial charge in [-0.25, -0.2) is 0 Å². The molecule has 27 heavy (non-hydrogen) atoms. The van der Waals surface area contributed by atoms with Crippen LogP contribution in [0.25, 0.3) is 0 Å². The highest BCUT2D eigenvalue weighted by Gasteiger charge is 2.30. The van der Waals surface area contributed by atoms with E-state index in [-0.39, 0.29) is 18.1 Å². The van der Waals surface area contributed by atoms with Crippen molar-refractivity contribution in [1.29, 1.82) is 0 Å². The number of likely N-dealkylation sites (tertiary alicyclic amines) is 1. The number of rotatable bonds is 8. The second-order valence-corrected chi connectivity index (χ2v) is 7.86. The molecule has 1 aromatic heterocycles. The van der Waals surface area contributed by atoms with Crippen molar-refractivity contribution in [2.75, 3.05) is 32.5 Å². The Balaban J connectivity index is 1.41. The highest BCUT2D eigenvalue weighted by atomic mass is 32.2. The van der Waals surface area contributed by atoms with E-state index in [1.54, 1.807) is 7.11 Å². The van der Waals surface area contributed by atoms with Crippen LogP contribution in [0, 0.1) is 0 Å². The molecule has 0 spiro atoms. The largest absolute Gasteiger partial charge is 0.378 e. The number of hydrogen-bond acceptors (Lipinski definition) is 5. The summed E-state index contributed by atoms with van der Waals surface area (Å²) in [7, 11) is 1.73. The summed E-state index contributed by atoms with van der Waals surface area (Å²) in [6.45, 7) is 2.90. The van der Waals surface area contributed by atoms with Crippen LogP contribution in [-0.2, 0) is 4.74 Å². The Hall–Kier alpha value is -1.89. The van der Waals surface area contributed by atoms with Crippen LogP contribution in [0.4, 0.5) is 0 Å². The minimum absolute atomic E-state index is 0.0233. The van der Waals surface area contributed by atoms with Gasteiger partial charge in [-0.05, 0) is 49.4 Å². The Morgan fingerprint density at radius 1 is 1.26 bits per heavy atom. The molecule has 1 saturated heterocycles. The molecule has 5 nitrogen and oxygen atoms in total. The predicted molar refractivity (Wildman–Crippen MR) is 109 cm³/mol. The van der Waals surface area contributed by atoms with Crippen molar-refractivity contribution >= 4 is 17.7 Å². The van der Waals surface area contributed by atoms with Crippen LogP contribution in [0.2, 0.25) is 0 Å². The third-order valence-electron chi connectivity index (χ3n) is 4.84. The van der Waals surface area contributed by atoms with Crippen LogP contribution in [-0.4, -0.2) is 60.4 Å². The fourth-order valence-corrected chi connectivity index (χ4v) is 4.16. The van der Waals surface area contributed by atoms with E-state index in [9.17, 15) is 4.79 Å². The molecule has 2 atom stereocenters. The second-order valence-electron chi connectivity index (χ2n) is 6.69. The minimum Gasteiger partial charge on any atom is -0.378 e. The Kier molecular flexibility index (Phi) is 7.68. The highest BCUT2D eigenvalue weighted by Crippen LogP contribution is 2.19. The van der Waals surface area contributed by atoms with Gasteiger partial charge >= 0.3 is 0 Å². The lowest BCUT2D eigenvalue weighted by molar-refractivity contribution is 0.00658. The molecular formula is C21H27N3O2S. The van der Waals surface area contributed by atoms with Crippen molar-refractivity contribution < 1.29 is 9.53 Å². The average molecular weight is 386 g/mol. The maximum atomic E-state index is 12.4. The van der Waals surface area contributed by atoms with Gasteiger partial charge in [0, 0.05) is 43.1 Å². The summed E-state index contributed by atoms with van der Waals surface area (Å²) in [5, 5.41) is 3.14. The lowest BCUT2D eigenvalue weighted by atomic mass is 10.0. The van der Waals surface area contributed by atoms with Gasteiger partial charge in [0.1, 0.15) is 0 Å². The molecule has 1 aromatic carbocycles. The molecule has 0 saturated carbocycles. The third-order valence-corrected chi connectivity index (χ3v) is 5.93. The summed E-state index contributed by atoms with van der Waals surface area (Å²) < 4.78 is 5.68. The standard InChI is InChI=1S/C21H27N3O2S/c1-26-20-16-24(13-5-15-27-18-8-11-22-12-9-18)14-10-19(20)23-21(25)17-6-3-2-4-7-17/h2-4,6-9,11-12,19-20H,5,10,13-16H2,1H3,(H,23,25). The average Bonchev–Trinajstić information content (AvgIpc) is 2.73. The molecule has 144 valence electrons. The maximum Gasteiger partial charge on any atom is 0.251 e. The van der Waals surface area contributed by atoms with Crippen LogP contribution in [0.15, 0.2) is 59.8 Å². The normalized spacial score (nSPS) is 20.3. The molecule has 6 heteroatoms. The predicted octanol–water partition coefficient (Wildman–Crippen LogP) is 3.08. The van der Waals surface area contributed by atoms with E-state index in [2.05, 4.69) is 15.2 Å². The second kappa shape index (κ2) is 10.4. The fourth-order valence-electron chi connectivity index (χ4n) is 3.34. The highest BCUT2D eigenvalue weighted by molar-refractivity contribution is 7.99. The number of amides is 1. The molecule has 0 radical (unpaired) electrons. The Morgan fingerprint density at radius 2 is 2.04 bits per heavy atom. The van der Waals surface area contributed by atoms with Crippen molar-refractivity contribution in [3.05, 3.63) is 60.4 Å². The molecule has 3 rings (SSSR count). The first-order valence-corrected chi connectivity index (χ1v) is 10.4. The zero-order valence-electron chi connectivity index (χ0n) is 15.7. The van der Waals surface area contributed by atoms with E-state index in [0.717, 1.165) is 38.2 Å². The van der Waals surface area contributed by atoms with Crippen LogP contribution in [0.1, 0.15) is 23.2 Å². The number of carbonyl (C=O) groups excluding carboxylic acids is 1. The topological polar surface area (TPSA) is 54.5 Å². The van der Waals surface area contributed by atoms with E-state index in [1.807, 2.05) is 66.6 Å². The smallest absolute Gasteiger partial charge is 0.251 e. The SMILES string of the molecule is COC1CN(CCCSc2ccncc2)CCC1NC(=O)c1ccccc1. The molecule has 1 N–H and O–H groups in total. The van der Waals surface area contributed by atoms with Gasteiger partial charge in [0.2, 0.25) is 0 Å². The molecule has 0 aliphatic carbocycles. The first-order chi connectivity index (χ1) is 13.3. The van der Waals surface area contributed by atoms with Gasteiger partial charge in [-0.1, -0.05) is 18.2 Å². The van der Waals surface area contributed by atoms with Crippen LogP contribution in [0.5, 0.6) is 0 Å². The van der Waals surface area contributed by atoms with E-state index >= 15 is 0 Å². The first kappa shape index (κ1) is 19.9. The molecule has 2 heterocycles. The number of hydrogen-bond donors (Lipinski definition) is 1. The first-order valence-electron chi connectivity index (χ1n) is 9.40. The monoisotopic (exact) mass is 385 g/mol. The number of piperidine rings is 1. The number of aromatic nitrogens is 1. The summed E-state index contributed by atoms with van der Waals surface area (Å²) in [5.41, 5.74) is 0.697. The minimum atomic E-state index is -0.0233. The summed E-state index contributed by atoms with van der Waals surface area (Å²) in [4.78, 5) is 20.2. The van der Waals surface area contributed by atoms with Crippen LogP contribution in [0.3, 0.4) is 0 Å². The number of ether oxygens (including phenoxy) is 1. The number of nitrogens with zero attached hydrogens (tertiary/aromatic N) is 2. The molecule has 2 aromatic rings. The van der Waals surface area contributed by atoms with Gasteiger partial charge in [0.25, 0.3) is 5.91 Å². The molecule has 0 bridgehead atoms. The molecule has 1 aliphatic rings. The van der Waals surface area contributed by atoms with E-state index in [1.165, 1.54) is 4.90 Å². The Bertz CT molecular complexity index is 699. The molecule has 1 fully saturated rings. The zero-order chi connectivity index (χ0) is 18.9. The summed E-state index contributed by atoms with van der Waals surface area (Å²) in [6.07, 6.45) is 5.73. The van der Waals surface area contributed by atoms with Crippen molar-refractivity contribution in [2.45, 2.75) is 29.9 Å². The molecule has 1 amide bonds. The van der Waals surface area contributed by atoms with Crippen molar-refractivity contribution in [1.82, 2.24) is 15.2 Å². The van der Waals surface area contributed by atoms with Crippen molar-refractivity contribution in [2.24, 2.45) is 0 Å². The van der Waals surface area contributed by atoms with E-state index in [4.69, 9.17) is 4.74 Å². The van der Waals surface area contributed by atoms with Gasteiger partial charge < -0.3 is 15.0 Å². The van der Waals surface area contributed by atoms with Crippen molar-refractivity contribution in [3.8, 4) is 0 Å². The summed E-state index contributed by atoms with van der Waals surface area (Å²) in [5.74, 6) is 1.07. The summed E-state index contributed by atoms with van der Waals surface area (Å²) in [6, 6.07) is 13.5. The van der Waals surface area contributed by atoms with Gasteiger partial charge in [-0.2, -0.15) is 0 Å². The molecule has 2 unspecified atom stereocenters. The fraction of sp³-hybridized carbons (Fsp3) is 0.429. The van der Waals surface area contributed by atoms with Crippen molar-refractivity contribution in [3.63, 3.8) is 0 Å². The van der Waals surface area contributed by atoms with E-state index < -0.39 is 0 Å². The van der Waals surface area contributed by atoms with Gasteiger partial charge in [0.05, 0.1) is 12.1 Å². The molecule has 1 aliphatic heterocycles. The van der Waals surface area contributed by atoms with Crippen LogP contribution >= 0.6 is 11.8 Å². The van der Waals surface area contributed by atoms with Gasteiger partial charge in [-0.15, -0.1) is 11.8 Å². The Labute approximate surface area is 165 Å². The maximum absolute atomic E-state index is 12.4. The summed E-state index contributed by atoms with van der Waals surface area (Å²) >= 11 is 1.87. The lowest BCUT2D eigenvalue weighted by Gasteiger charge is -2.38. The third kappa shape index (κ3) is 6.06. The Morgan fingerprint density at radius 3 is 2.78 bits per heavy atom. The molecular weight excluding hydrogens is 358 g/mol. The lowest BCUT2D eigenvalue weighted by Crippen LogP contribution is -2.54.